The maximum Gasteiger partial charge on any atom is 0.341 e. The van der Waals surface area contributed by atoms with Crippen LogP contribution in [0.2, 0.25) is 0 Å². The molecule has 0 spiro atoms. The van der Waals surface area contributed by atoms with E-state index in [1.54, 1.807) is 25.7 Å². The van der Waals surface area contributed by atoms with Gasteiger partial charge < -0.3 is 15.0 Å². The van der Waals surface area contributed by atoms with E-state index in [9.17, 15) is 14.4 Å². The zero-order chi connectivity index (χ0) is 21.0. The largest absolute Gasteiger partial charge is 0.462 e. The first-order valence-electron chi connectivity index (χ1n) is 9.08. The number of nitrogens with one attached hydrogen (secondary N) is 1. The minimum atomic E-state index is -0.551. The number of carbonyl (C=O) groups is 3. The van der Waals surface area contributed by atoms with Crippen LogP contribution < -0.4 is 5.32 Å². The van der Waals surface area contributed by atoms with Crippen LogP contribution in [0.4, 0.5) is 5.00 Å². The first-order valence-corrected chi connectivity index (χ1v) is 9.90. The van der Waals surface area contributed by atoms with Crippen LogP contribution in [0.1, 0.15) is 61.9 Å². The normalized spacial score (nSPS) is 10.6. The number of hydrogen-bond donors (Lipinski definition) is 1. The van der Waals surface area contributed by atoms with Crippen LogP contribution in [0, 0.1) is 13.8 Å². The highest BCUT2D eigenvalue weighted by Gasteiger charge is 2.28. The van der Waals surface area contributed by atoms with E-state index in [1.165, 1.54) is 11.1 Å². The van der Waals surface area contributed by atoms with Crippen molar-refractivity contribution in [2.45, 2.75) is 40.7 Å². The van der Waals surface area contributed by atoms with Crippen molar-refractivity contribution in [3.05, 3.63) is 33.5 Å². The van der Waals surface area contributed by atoms with E-state index in [-0.39, 0.29) is 24.0 Å². The van der Waals surface area contributed by atoms with Crippen molar-refractivity contribution in [2.75, 3.05) is 26.0 Å². The van der Waals surface area contributed by atoms with E-state index in [4.69, 9.17) is 4.74 Å². The lowest BCUT2D eigenvalue weighted by Crippen LogP contribution is -2.21. The summed E-state index contributed by atoms with van der Waals surface area (Å²) in [4.78, 5) is 39.7. The van der Waals surface area contributed by atoms with E-state index in [0.29, 0.717) is 34.0 Å². The lowest BCUT2D eigenvalue weighted by molar-refractivity contribution is 0.0506. The molecular weight excluding hydrogens is 380 g/mol. The molecule has 2 aromatic rings. The van der Waals surface area contributed by atoms with Crippen LogP contribution >= 0.6 is 11.3 Å². The minimum absolute atomic E-state index is 0.220. The quantitative estimate of drug-likeness (QED) is 0.713. The number of thiophene rings is 1. The third kappa shape index (κ3) is 4.24. The van der Waals surface area contributed by atoms with Crippen LogP contribution in [-0.2, 0) is 11.3 Å². The SMILES string of the molecule is CCCOC(=O)c1c(NC(=O)c2cnn(CC)c2C)sc(C(=O)N(C)C)c1C. The van der Waals surface area contributed by atoms with E-state index >= 15 is 0 Å². The Bertz CT molecular complexity index is 898. The summed E-state index contributed by atoms with van der Waals surface area (Å²) in [5.74, 6) is -1.17. The monoisotopic (exact) mass is 406 g/mol. The summed E-state index contributed by atoms with van der Waals surface area (Å²) in [6, 6.07) is 0. The predicted octanol–water partition coefficient (Wildman–Crippen LogP) is 3.10. The molecule has 1 N–H and O–H groups in total. The van der Waals surface area contributed by atoms with Gasteiger partial charge in [0.25, 0.3) is 11.8 Å². The van der Waals surface area contributed by atoms with Crippen molar-refractivity contribution in [2.24, 2.45) is 0 Å². The van der Waals surface area contributed by atoms with Gasteiger partial charge in [-0.1, -0.05) is 6.92 Å². The fourth-order valence-corrected chi connectivity index (χ4v) is 3.89. The highest BCUT2D eigenvalue weighted by atomic mass is 32.1. The molecule has 2 amide bonds. The second-order valence-corrected chi connectivity index (χ2v) is 7.53. The van der Waals surface area contributed by atoms with Gasteiger partial charge in [0.15, 0.2) is 0 Å². The van der Waals surface area contributed by atoms with Crippen LogP contribution in [0.3, 0.4) is 0 Å². The third-order valence-electron chi connectivity index (χ3n) is 4.26. The van der Waals surface area contributed by atoms with Gasteiger partial charge in [-0.25, -0.2) is 4.79 Å². The fraction of sp³-hybridized carbons (Fsp3) is 0.474. The van der Waals surface area contributed by atoms with Crippen molar-refractivity contribution in [1.29, 1.82) is 0 Å². The second kappa shape index (κ2) is 9.01. The van der Waals surface area contributed by atoms with Gasteiger partial charge in [0.2, 0.25) is 0 Å². The zero-order valence-electron chi connectivity index (χ0n) is 17.1. The van der Waals surface area contributed by atoms with E-state index < -0.39 is 5.97 Å². The van der Waals surface area contributed by atoms with Crippen LogP contribution in [0.5, 0.6) is 0 Å². The average Bonchev–Trinajstić information content (AvgIpc) is 3.18. The fourth-order valence-electron chi connectivity index (χ4n) is 2.68. The summed E-state index contributed by atoms with van der Waals surface area (Å²) < 4.78 is 6.97. The van der Waals surface area contributed by atoms with Gasteiger partial charge in [-0.3, -0.25) is 14.3 Å². The molecule has 28 heavy (non-hydrogen) atoms. The van der Waals surface area contributed by atoms with Gasteiger partial charge >= 0.3 is 5.97 Å². The summed E-state index contributed by atoms with van der Waals surface area (Å²) in [5.41, 5.74) is 1.87. The number of carbonyl (C=O) groups excluding carboxylic acids is 3. The summed E-state index contributed by atoms with van der Waals surface area (Å²) >= 11 is 1.07. The van der Waals surface area contributed by atoms with Gasteiger partial charge in [-0.05, 0) is 32.8 Å². The van der Waals surface area contributed by atoms with E-state index in [2.05, 4.69) is 10.4 Å². The maximum absolute atomic E-state index is 12.8. The lowest BCUT2D eigenvalue weighted by Gasteiger charge is -2.09. The summed E-state index contributed by atoms with van der Waals surface area (Å²) in [7, 11) is 3.27. The predicted molar refractivity (Wildman–Crippen MR) is 108 cm³/mol. The highest BCUT2D eigenvalue weighted by molar-refractivity contribution is 7.18. The topological polar surface area (TPSA) is 93.5 Å². The Morgan fingerprint density at radius 1 is 1.25 bits per heavy atom. The molecule has 9 heteroatoms. The minimum Gasteiger partial charge on any atom is -0.462 e. The Labute approximate surface area is 168 Å². The molecule has 0 saturated heterocycles. The molecule has 2 rings (SSSR count). The maximum atomic E-state index is 12.8. The Morgan fingerprint density at radius 3 is 2.46 bits per heavy atom. The molecule has 0 bridgehead atoms. The second-order valence-electron chi connectivity index (χ2n) is 6.51. The number of aryl methyl sites for hydroxylation is 1. The van der Waals surface area contributed by atoms with Gasteiger partial charge in [0.1, 0.15) is 5.00 Å². The lowest BCUT2D eigenvalue weighted by atomic mass is 10.1. The molecule has 0 fully saturated rings. The Kier molecular flexibility index (Phi) is 6.95. The molecular formula is C19H26N4O4S. The number of aromatic nitrogens is 2. The Morgan fingerprint density at radius 2 is 1.93 bits per heavy atom. The first-order chi connectivity index (χ1) is 13.2. The van der Waals surface area contributed by atoms with Gasteiger partial charge in [-0.2, -0.15) is 5.10 Å². The molecule has 0 radical (unpaired) electrons. The van der Waals surface area contributed by atoms with Gasteiger partial charge in [0.05, 0.1) is 28.8 Å². The van der Waals surface area contributed by atoms with E-state index in [0.717, 1.165) is 17.0 Å². The Balaban J connectivity index is 2.44. The van der Waals surface area contributed by atoms with E-state index in [1.807, 2.05) is 20.8 Å². The molecule has 0 aliphatic carbocycles. The van der Waals surface area contributed by atoms with Crippen molar-refractivity contribution >= 4 is 34.1 Å². The molecule has 0 saturated carbocycles. The molecule has 0 atom stereocenters. The molecule has 0 aliphatic rings. The molecule has 2 aromatic heterocycles. The summed E-state index contributed by atoms with van der Waals surface area (Å²) in [5, 5.41) is 7.25. The molecule has 0 unspecified atom stereocenters. The standard InChI is InChI=1S/C19H26N4O4S/c1-7-9-27-19(26)14-11(3)15(18(25)22(5)6)28-17(14)21-16(24)13-10-20-23(8-2)12(13)4/h10H,7-9H2,1-6H3,(H,21,24). The zero-order valence-corrected chi connectivity index (χ0v) is 17.9. The van der Waals surface area contributed by atoms with Crippen molar-refractivity contribution in [3.63, 3.8) is 0 Å². The smallest absolute Gasteiger partial charge is 0.341 e. The summed E-state index contributed by atoms with van der Waals surface area (Å²) in [6.07, 6.45) is 2.17. The van der Waals surface area contributed by atoms with Crippen molar-refractivity contribution in [1.82, 2.24) is 14.7 Å². The number of rotatable bonds is 7. The number of nitrogens with zero attached hydrogens (tertiary/aromatic N) is 3. The number of ether oxygens (including phenoxy) is 1. The molecule has 0 aliphatic heterocycles. The molecule has 152 valence electrons. The van der Waals surface area contributed by atoms with Crippen molar-refractivity contribution < 1.29 is 19.1 Å². The Hall–Kier alpha value is -2.68. The molecule has 8 nitrogen and oxygen atoms in total. The number of hydrogen-bond acceptors (Lipinski definition) is 6. The number of anilines is 1. The van der Waals surface area contributed by atoms with Crippen LogP contribution in [0.25, 0.3) is 0 Å². The van der Waals surface area contributed by atoms with Gasteiger partial charge in [0, 0.05) is 26.3 Å². The third-order valence-corrected chi connectivity index (χ3v) is 5.46. The molecule has 0 aromatic carbocycles. The van der Waals surface area contributed by atoms with Crippen LogP contribution in [0.15, 0.2) is 6.20 Å². The average molecular weight is 407 g/mol. The van der Waals surface area contributed by atoms with Crippen molar-refractivity contribution in [3.8, 4) is 0 Å². The summed E-state index contributed by atoms with van der Waals surface area (Å²) in [6.45, 7) is 8.24. The van der Waals surface area contributed by atoms with Gasteiger partial charge in [-0.15, -0.1) is 11.3 Å². The molecule has 2 heterocycles. The van der Waals surface area contributed by atoms with Crippen LogP contribution in [-0.4, -0.2) is 53.2 Å². The highest BCUT2D eigenvalue weighted by Crippen LogP contribution is 2.35. The number of amides is 2. The number of esters is 1. The first kappa shape index (κ1) is 21.6.